The molecule has 2 saturated carbocycles. The molecule has 1 aromatic carbocycles. The third-order valence-electron chi connectivity index (χ3n) is 8.03. The first kappa shape index (κ1) is 22.6. The van der Waals surface area contributed by atoms with Gasteiger partial charge in [0.25, 0.3) is 0 Å². The topological polar surface area (TPSA) is 32.3 Å². The van der Waals surface area contributed by atoms with E-state index in [0.29, 0.717) is 23.8 Å². The van der Waals surface area contributed by atoms with E-state index in [0.717, 1.165) is 32.5 Å². The summed E-state index contributed by atoms with van der Waals surface area (Å²) in [6, 6.07) is 10.9. The van der Waals surface area contributed by atoms with Crippen LogP contribution in [0.3, 0.4) is 0 Å². The minimum absolute atomic E-state index is 0.285. The fourth-order valence-electron chi connectivity index (χ4n) is 6.26. The van der Waals surface area contributed by atoms with Gasteiger partial charge in [0.1, 0.15) is 0 Å². The van der Waals surface area contributed by atoms with Crippen molar-refractivity contribution < 1.29 is 4.79 Å². The third-order valence-corrected chi connectivity index (χ3v) is 8.03. The maximum atomic E-state index is 13.5. The molecule has 3 nitrogen and oxygen atoms in total. The van der Waals surface area contributed by atoms with Crippen LogP contribution in [0.15, 0.2) is 36.4 Å². The number of benzene rings is 1. The molecule has 0 atom stereocenters. The molecular formula is C28H42N2O. The smallest absolute Gasteiger partial charge is 0.223 e. The van der Waals surface area contributed by atoms with E-state index < -0.39 is 0 Å². The Morgan fingerprint density at radius 2 is 1.45 bits per heavy atom. The van der Waals surface area contributed by atoms with Crippen molar-refractivity contribution in [1.82, 2.24) is 10.2 Å². The van der Waals surface area contributed by atoms with Gasteiger partial charge in [0.15, 0.2) is 0 Å². The summed E-state index contributed by atoms with van der Waals surface area (Å²) in [5, 5.41) is 3.53. The highest BCUT2D eigenvalue weighted by molar-refractivity contribution is 5.79. The Kier molecular flexibility index (Phi) is 8.63. The van der Waals surface area contributed by atoms with Crippen LogP contribution in [0.25, 0.3) is 6.08 Å². The zero-order valence-corrected chi connectivity index (χ0v) is 19.3. The summed E-state index contributed by atoms with van der Waals surface area (Å²) in [5.74, 6) is 1.97. The molecule has 4 rings (SSSR count). The van der Waals surface area contributed by atoms with Crippen molar-refractivity contribution in [2.45, 2.75) is 83.1 Å². The highest BCUT2D eigenvalue weighted by Gasteiger charge is 2.37. The molecule has 0 bridgehead atoms. The van der Waals surface area contributed by atoms with Gasteiger partial charge in [0, 0.05) is 31.6 Å². The summed E-state index contributed by atoms with van der Waals surface area (Å²) >= 11 is 0. The van der Waals surface area contributed by atoms with Gasteiger partial charge in [-0.2, -0.15) is 0 Å². The van der Waals surface area contributed by atoms with Crippen molar-refractivity contribution in [3.8, 4) is 0 Å². The molecular weight excluding hydrogens is 380 g/mol. The second kappa shape index (κ2) is 11.9. The van der Waals surface area contributed by atoms with E-state index in [1.54, 1.807) is 0 Å². The summed E-state index contributed by atoms with van der Waals surface area (Å²) in [7, 11) is 0. The fourth-order valence-corrected chi connectivity index (χ4v) is 6.26. The van der Waals surface area contributed by atoms with Crippen LogP contribution in [-0.4, -0.2) is 36.5 Å². The molecule has 0 radical (unpaired) electrons. The second-order valence-electron chi connectivity index (χ2n) is 10.2. The van der Waals surface area contributed by atoms with Crippen LogP contribution in [0.4, 0.5) is 0 Å². The Bertz CT molecular complexity index is 662. The zero-order chi connectivity index (χ0) is 21.3. The molecule has 3 aliphatic rings. The van der Waals surface area contributed by atoms with E-state index in [9.17, 15) is 4.79 Å². The van der Waals surface area contributed by atoms with E-state index in [2.05, 4.69) is 52.7 Å². The van der Waals surface area contributed by atoms with Gasteiger partial charge in [0.2, 0.25) is 5.91 Å². The molecule has 170 valence electrons. The van der Waals surface area contributed by atoms with Crippen molar-refractivity contribution in [3.63, 3.8) is 0 Å². The lowest BCUT2D eigenvalue weighted by Gasteiger charge is -2.38. The van der Waals surface area contributed by atoms with E-state index in [1.807, 2.05) is 0 Å². The molecule has 0 spiro atoms. The minimum atomic E-state index is 0.285. The molecule has 1 N–H and O–H groups in total. The normalized spacial score (nSPS) is 22.9. The predicted octanol–water partition coefficient (Wildman–Crippen LogP) is 6.06. The van der Waals surface area contributed by atoms with Gasteiger partial charge in [-0.05, 0) is 55.9 Å². The monoisotopic (exact) mass is 422 g/mol. The lowest BCUT2D eigenvalue weighted by Crippen LogP contribution is -2.49. The maximum Gasteiger partial charge on any atom is 0.223 e. The summed E-state index contributed by atoms with van der Waals surface area (Å²) in [5.41, 5.74) is 1.26. The molecule has 1 saturated heterocycles. The molecule has 3 fully saturated rings. The SMILES string of the molecule is O=C(NC1CCN(C/C=C/c2ccccc2)CC1)C(C1CCCCC1)C1CCCCC1. The van der Waals surface area contributed by atoms with E-state index in [4.69, 9.17) is 0 Å². The van der Waals surface area contributed by atoms with Crippen LogP contribution in [0, 0.1) is 17.8 Å². The van der Waals surface area contributed by atoms with Gasteiger partial charge in [0.05, 0.1) is 0 Å². The van der Waals surface area contributed by atoms with Crippen molar-refractivity contribution >= 4 is 12.0 Å². The van der Waals surface area contributed by atoms with E-state index >= 15 is 0 Å². The largest absolute Gasteiger partial charge is 0.353 e. The average Bonchev–Trinajstić information content (AvgIpc) is 2.82. The molecule has 0 aromatic heterocycles. The lowest BCUT2D eigenvalue weighted by molar-refractivity contribution is -0.131. The molecule has 31 heavy (non-hydrogen) atoms. The van der Waals surface area contributed by atoms with Gasteiger partial charge in [-0.15, -0.1) is 0 Å². The van der Waals surface area contributed by atoms with Gasteiger partial charge >= 0.3 is 0 Å². The average molecular weight is 423 g/mol. The van der Waals surface area contributed by atoms with Crippen LogP contribution in [0.1, 0.15) is 82.6 Å². The fraction of sp³-hybridized carbons (Fsp3) is 0.679. The highest BCUT2D eigenvalue weighted by Crippen LogP contribution is 2.40. The second-order valence-corrected chi connectivity index (χ2v) is 10.2. The summed E-state index contributed by atoms with van der Waals surface area (Å²) in [6.07, 6.45) is 19.8. The maximum absolute atomic E-state index is 13.5. The highest BCUT2D eigenvalue weighted by atomic mass is 16.2. The Labute approximate surface area is 189 Å². The summed E-state index contributed by atoms with van der Waals surface area (Å²) < 4.78 is 0. The number of hydrogen-bond acceptors (Lipinski definition) is 2. The Morgan fingerprint density at radius 3 is 2.03 bits per heavy atom. The van der Waals surface area contributed by atoms with Gasteiger partial charge in [-0.1, -0.05) is 81.0 Å². The first-order valence-electron chi connectivity index (χ1n) is 13.0. The number of carbonyl (C=O) groups is 1. The van der Waals surface area contributed by atoms with Crippen molar-refractivity contribution in [1.29, 1.82) is 0 Å². The van der Waals surface area contributed by atoms with Crippen LogP contribution >= 0.6 is 0 Å². The first-order chi connectivity index (χ1) is 15.3. The Balaban J connectivity index is 1.26. The zero-order valence-electron chi connectivity index (χ0n) is 19.3. The van der Waals surface area contributed by atoms with Crippen molar-refractivity contribution in [3.05, 3.63) is 42.0 Å². The number of carbonyl (C=O) groups excluding carboxylic acids is 1. The third kappa shape index (κ3) is 6.68. The number of likely N-dealkylation sites (tertiary alicyclic amines) is 1. The Morgan fingerprint density at radius 1 is 0.871 bits per heavy atom. The molecule has 1 heterocycles. The van der Waals surface area contributed by atoms with Crippen LogP contribution in [0.5, 0.6) is 0 Å². The number of rotatable bonds is 7. The number of nitrogens with one attached hydrogen (secondary N) is 1. The molecule has 1 amide bonds. The molecule has 3 heteroatoms. The number of piperidine rings is 1. The minimum Gasteiger partial charge on any atom is -0.353 e. The molecule has 0 unspecified atom stereocenters. The van der Waals surface area contributed by atoms with E-state index in [-0.39, 0.29) is 5.92 Å². The molecule has 2 aliphatic carbocycles. The van der Waals surface area contributed by atoms with Crippen molar-refractivity contribution in [2.75, 3.05) is 19.6 Å². The van der Waals surface area contributed by atoms with Crippen LogP contribution in [-0.2, 0) is 4.79 Å². The number of nitrogens with zero attached hydrogens (tertiary/aromatic N) is 1. The predicted molar refractivity (Wildman–Crippen MR) is 130 cm³/mol. The summed E-state index contributed by atoms with van der Waals surface area (Å²) in [4.78, 5) is 16.0. The standard InChI is InChI=1S/C28H42N2O/c31-28(27(24-14-6-2-7-15-24)25-16-8-3-9-17-25)29-26-18-21-30(22-19-26)20-10-13-23-11-4-1-5-12-23/h1,4-5,10-13,24-27H,2-3,6-9,14-22H2,(H,29,31)/b13-10+. The number of amides is 1. The molecule has 1 aliphatic heterocycles. The van der Waals surface area contributed by atoms with Gasteiger partial charge in [-0.3, -0.25) is 9.69 Å². The van der Waals surface area contributed by atoms with Crippen LogP contribution in [0.2, 0.25) is 0 Å². The van der Waals surface area contributed by atoms with Crippen molar-refractivity contribution in [2.24, 2.45) is 17.8 Å². The van der Waals surface area contributed by atoms with Gasteiger partial charge < -0.3 is 5.32 Å². The molecule has 1 aromatic rings. The number of hydrogen-bond donors (Lipinski definition) is 1. The quantitative estimate of drug-likeness (QED) is 0.579. The lowest BCUT2D eigenvalue weighted by atomic mass is 9.69. The van der Waals surface area contributed by atoms with Crippen LogP contribution < -0.4 is 5.32 Å². The first-order valence-corrected chi connectivity index (χ1v) is 13.0. The Hall–Kier alpha value is -1.61. The summed E-state index contributed by atoms with van der Waals surface area (Å²) in [6.45, 7) is 3.17. The van der Waals surface area contributed by atoms with Gasteiger partial charge in [-0.25, -0.2) is 0 Å². The van der Waals surface area contributed by atoms with E-state index in [1.165, 1.54) is 69.8 Å².